The summed E-state index contributed by atoms with van der Waals surface area (Å²) in [6, 6.07) is 6.27. The summed E-state index contributed by atoms with van der Waals surface area (Å²) >= 11 is 0. The Hall–Kier alpha value is -1.55. The van der Waals surface area contributed by atoms with Crippen molar-refractivity contribution in [2.24, 2.45) is 5.92 Å². The topological polar surface area (TPSA) is 55.8 Å². The molecule has 2 aliphatic heterocycles. The largest absolute Gasteiger partial charge is 0.487 e. The van der Waals surface area contributed by atoms with Crippen LogP contribution in [0.1, 0.15) is 57.3 Å². The van der Waals surface area contributed by atoms with Crippen LogP contribution in [0.25, 0.3) is 0 Å². The monoisotopic (exact) mass is 304 g/mol. The lowest BCUT2D eigenvalue weighted by Gasteiger charge is -2.48. The van der Waals surface area contributed by atoms with Crippen LogP contribution in [0.3, 0.4) is 0 Å². The molecule has 0 bridgehead atoms. The van der Waals surface area contributed by atoms with Crippen molar-refractivity contribution in [1.29, 1.82) is 0 Å². The lowest BCUT2D eigenvalue weighted by atomic mass is 9.74. The van der Waals surface area contributed by atoms with E-state index in [1.54, 1.807) is 0 Å². The minimum atomic E-state index is -0.794. The van der Waals surface area contributed by atoms with E-state index in [0.29, 0.717) is 0 Å². The van der Waals surface area contributed by atoms with Crippen molar-refractivity contribution < 1.29 is 19.4 Å². The summed E-state index contributed by atoms with van der Waals surface area (Å²) < 4.78 is 12.4. The van der Waals surface area contributed by atoms with E-state index >= 15 is 0 Å². The molecule has 0 aromatic heterocycles. The third-order valence-electron chi connectivity index (χ3n) is 4.96. The number of aliphatic carboxylic acids is 1. The first-order valence-corrected chi connectivity index (χ1v) is 8.10. The van der Waals surface area contributed by atoms with E-state index in [0.717, 1.165) is 30.6 Å². The van der Waals surface area contributed by atoms with Gasteiger partial charge in [-0.1, -0.05) is 13.0 Å². The lowest BCUT2D eigenvalue weighted by molar-refractivity contribution is -0.162. The quantitative estimate of drug-likeness (QED) is 0.924. The zero-order valence-electron chi connectivity index (χ0n) is 13.5. The highest BCUT2D eigenvalue weighted by Gasteiger charge is 2.47. The molecule has 1 saturated heterocycles. The number of benzene rings is 1. The first-order chi connectivity index (χ1) is 10.4. The maximum Gasteiger partial charge on any atom is 0.305 e. The van der Waals surface area contributed by atoms with Crippen LogP contribution < -0.4 is 4.74 Å². The number of carbonyl (C=O) groups is 1. The Morgan fingerprint density at radius 1 is 1.36 bits per heavy atom. The van der Waals surface area contributed by atoms with Gasteiger partial charge in [0.2, 0.25) is 0 Å². The molecule has 1 N–H and O–H groups in total. The predicted octanol–water partition coefficient (Wildman–Crippen LogP) is 3.73. The summed E-state index contributed by atoms with van der Waals surface area (Å²) in [5.41, 5.74) is 2.04. The van der Waals surface area contributed by atoms with Crippen LogP contribution in [0.15, 0.2) is 18.2 Å². The molecule has 4 heteroatoms. The van der Waals surface area contributed by atoms with E-state index in [2.05, 4.69) is 32.9 Å². The highest BCUT2D eigenvalue weighted by Crippen LogP contribution is 2.51. The molecule has 0 spiro atoms. The van der Waals surface area contributed by atoms with Crippen LogP contribution in [0.2, 0.25) is 0 Å². The Balaban J connectivity index is 1.95. The molecular weight excluding hydrogens is 280 g/mol. The first kappa shape index (κ1) is 15.3. The highest BCUT2D eigenvalue weighted by atomic mass is 16.5. The molecule has 0 amide bonds. The van der Waals surface area contributed by atoms with E-state index < -0.39 is 5.97 Å². The summed E-state index contributed by atoms with van der Waals surface area (Å²) in [6.07, 6.45) is 2.49. The maximum atomic E-state index is 11.0. The van der Waals surface area contributed by atoms with Crippen LogP contribution in [0, 0.1) is 5.92 Å². The van der Waals surface area contributed by atoms with Gasteiger partial charge in [-0.3, -0.25) is 4.79 Å². The van der Waals surface area contributed by atoms with Gasteiger partial charge < -0.3 is 14.6 Å². The molecule has 3 atom stereocenters. The number of hydrogen-bond donors (Lipinski definition) is 1. The third-order valence-corrected chi connectivity index (χ3v) is 4.96. The van der Waals surface area contributed by atoms with Gasteiger partial charge in [-0.15, -0.1) is 0 Å². The van der Waals surface area contributed by atoms with Crippen molar-refractivity contribution in [2.75, 3.05) is 0 Å². The number of fused-ring (bicyclic) bond motifs is 3. The molecular formula is C18H24O4. The summed E-state index contributed by atoms with van der Waals surface area (Å²) in [5.74, 6) is 0.342. The molecule has 2 heterocycles. The van der Waals surface area contributed by atoms with E-state index in [1.165, 1.54) is 5.56 Å². The average molecular weight is 304 g/mol. The molecule has 22 heavy (non-hydrogen) atoms. The van der Waals surface area contributed by atoms with Crippen molar-refractivity contribution in [3.63, 3.8) is 0 Å². The zero-order chi connectivity index (χ0) is 15.9. The molecule has 2 aliphatic rings. The first-order valence-electron chi connectivity index (χ1n) is 8.10. The number of ether oxygens (including phenoxy) is 2. The van der Waals surface area contributed by atoms with Crippen LogP contribution in [0.5, 0.6) is 5.75 Å². The van der Waals surface area contributed by atoms with Gasteiger partial charge in [-0.25, -0.2) is 0 Å². The Morgan fingerprint density at radius 3 is 2.82 bits per heavy atom. The standard InChI is InChI=1S/C18H24O4/c1-4-11-5-8-15-13(9-11)17-14(18(2,3)22-15)7-6-12(21-17)10-16(19)20/h5,8-9,12,14,17H,4,6-7,10H2,1-3H3,(H,19,20)/t12-,14+,17-/m1/s1. The fraction of sp³-hybridized carbons (Fsp3) is 0.611. The second-order valence-corrected chi connectivity index (χ2v) is 6.89. The molecule has 0 aliphatic carbocycles. The Morgan fingerprint density at radius 2 is 2.14 bits per heavy atom. The van der Waals surface area contributed by atoms with Gasteiger partial charge in [0.05, 0.1) is 18.6 Å². The Labute approximate surface area is 131 Å². The van der Waals surface area contributed by atoms with Gasteiger partial charge in [-0.2, -0.15) is 0 Å². The molecule has 0 radical (unpaired) electrons. The van der Waals surface area contributed by atoms with Crippen molar-refractivity contribution in [3.05, 3.63) is 29.3 Å². The van der Waals surface area contributed by atoms with Crippen molar-refractivity contribution >= 4 is 5.97 Å². The summed E-state index contributed by atoms with van der Waals surface area (Å²) in [5, 5.41) is 9.04. The van der Waals surface area contributed by atoms with Crippen LogP contribution >= 0.6 is 0 Å². The van der Waals surface area contributed by atoms with Crippen LogP contribution in [-0.4, -0.2) is 22.8 Å². The molecule has 1 aromatic rings. The predicted molar refractivity (Wildman–Crippen MR) is 83.1 cm³/mol. The Kier molecular flexibility index (Phi) is 3.89. The van der Waals surface area contributed by atoms with Gasteiger partial charge in [0.1, 0.15) is 11.4 Å². The van der Waals surface area contributed by atoms with Gasteiger partial charge >= 0.3 is 5.97 Å². The van der Waals surface area contributed by atoms with E-state index in [4.69, 9.17) is 14.6 Å². The fourth-order valence-corrected chi connectivity index (χ4v) is 3.73. The molecule has 0 saturated carbocycles. The van der Waals surface area contributed by atoms with E-state index in [-0.39, 0.29) is 30.1 Å². The lowest BCUT2D eigenvalue weighted by Crippen LogP contribution is -2.48. The van der Waals surface area contributed by atoms with Crippen molar-refractivity contribution in [3.8, 4) is 5.75 Å². The van der Waals surface area contributed by atoms with Gasteiger partial charge in [0, 0.05) is 11.5 Å². The highest BCUT2D eigenvalue weighted by molar-refractivity contribution is 5.67. The minimum absolute atomic E-state index is 0.0663. The third kappa shape index (κ3) is 2.72. The number of rotatable bonds is 3. The number of carboxylic acid groups (broad SMARTS) is 1. The van der Waals surface area contributed by atoms with E-state index in [1.807, 2.05) is 6.07 Å². The van der Waals surface area contributed by atoms with Gasteiger partial charge in [0.15, 0.2) is 0 Å². The second-order valence-electron chi connectivity index (χ2n) is 6.89. The molecule has 120 valence electrons. The van der Waals surface area contributed by atoms with Gasteiger partial charge in [0.25, 0.3) is 0 Å². The summed E-state index contributed by atoms with van der Waals surface area (Å²) in [6.45, 7) is 6.33. The minimum Gasteiger partial charge on any atom is -0.487 e. The van der Waals surface area contributed by atoms with Crippen LogP contribution in [0.4, 0.5) is 0 Å². The van der Waals surface area contributed by atoms with Gasteiger partial charge in [-0.05, 0) is 50.8 Å². The molecule has 3 rings (SSSR count). The van der Waals surface area contributed by atoms with E-state index in [9.17, 15) is 4.79 Å². The molecule has 1 aromatic carbocycles. The van der Waals surface area contributed by atoms with Crippen molar-refractivity contribution in [1.82, 2.24) is 0 Å². The Bertz CT molecular complexity index is 578. The number of hydrogen-bond acceptors (Lipinski definition) is 3. The fourth-order valence-electron chi connectivity index (χ4n) is 3.73. The van der Waals surface area contributed by atoms with Crippen LogP contribution in [-0.2, 0) is 16.0 Å². The number of carboxylic acids is 1. The second kappa shape index (κ2) is 5.58. The maximum absolute atomic E-state index is 11.0. The van der Waals surface area contributed by atoms with Crippen molar-refractivity contribution in [2.45, 2.75) is 64.3 Å². The number of aryl methyl sites for hydroxylation is 1. The SMILES string of the molecule is CCc1ccc2c(c1)[C@H]1O[C@@H](CC(=O)O)CC[C@@H]1C(C)(C)O2. The summed E-state index contributed by atoms with van der Waals surface area (Å²) in [4.78, 5) is 11.0. The molecule has 1 fully saturated rings. The normalized spacial score (nSPS) is 29.1. The zero-order valence-corrected chi connectivity index (χ0v) is 13.5. The summed E-state index contributed by atoms with van der Waals surface area (Å²) in [7, 11) is 0. The molecule has 4 nitrogen and oxygen atoms in total. The average Bonchev–Trinajstić information content (AvgIpc) is 2.45. The molecule has 0 unspecified atom stereocenters. The smallest absolute Gasteiger partial charge is 0.305 e.